The van der Waals surface area contributed by atoms with Gasteiger partial charge >= 0.3 is 0 Å². The molecule has 0 bridgehead atoms. The Morgan fingerprint density at radius 3 is 1.74 bits per heavy atom. The van der Waals surface area contributed by atoms with E-state index in [1.165, 1.54) is 32.1 Å². The summed E-state index contributed by atoms with van der Waals surface area (Å²) in [6.45, 7) is 10.2. The van der Waals surface area contributed by atoms with Gasteiger partial charge in [-0.25, -0.2) is 9.97 Å². The molecule has 2 amide bonds. The highest BCUT2D eigenvalue weighted by Crippen LogP contribution is 2.41. The van der Waals surface area contributed by atoms with Crippen LogP contribution in [0.15, 0.2) is 72.8 Å². The van der Waals surface area contributed by atoms with Gasteiger partial charge in [-0.1, -0.05) is 12.2 Å². The number of carbonyl (C=O) groups excluding carboxylic acids is 2. The number of nitrogens with zero attached hydrogens (tertiary/aromatic N) is 10. The topological polar surface area (TPSA) is 173 Å². The summed E-state index contributed by atoms with van der Waals surface area (Å²) in [4.78, 5) is 52.8. The molecule has 8 aromatic rings. The van der Waals surface area contributed by atoms with Crippen molar-refractivity contribution in [3.8, 4) is 46.3 Å². The van der Waals surface area contributed by atoms with Crippen LogP contribution in [0, 0.1) is 23.7 Å². The molecule has 2 N–H and O–H groups in total. The number of hydrogen-bond acceptors (Lipinski definition) is 12. The van der Waals surface area contributed by atoms with Gasteiger partial charge in [-0.2, -0.15) is 9.97 Å². The molecule has 6 fully saturated rings. The molecule has 77 heavy (non-hydrogen) atoms. The highest BCUT2D eigenvalue weighted by molar-refractivity contribution is 6.01. The Bertz CT molecular complexity index is 3710. The summed E-state index contributed by atoms with van der Waals surface area (Å²) >= 11 is 0. The van der Waals surface area contributed by atoms with Crippen molar-refractivity contribution in [3.63, 3.8) is 0 Å². The molecule has 5 atom stereocenters. The summed E-state index contributed by atoms with van der Waals surface area (Å²) in [5.74, 6) is 5.87. The molecule has 2 aliphatic carbocycles. The van der Waals surface area contributed by atoms with E-state index < -0.39 is 0 Å². The number of ether oxygens (including phenoxy) is 4. The van der Waals surface area contributed by atoms with Crippen LogP contribution in [0.25, 0.3) is 67.2 Å². The van der Waals surface area contributed by atoms with Crippen LogP contribution in [0.1, 0.15) is 65.7 Å². The second-order valence-corrected chi connectivity index (χ2v) is 22.6. The van der Waals surface area contributed by atoms with Crippen LogP contribution >= 0.6 is 0 Å². The van der Waals surface area contributed by atoms with E-state index in [0.29, 0.717) is 83.4 Å². The Morgan fingerprint density at radius 1 is 0.636 bits per heavy atom. The van der Waals surface area contributed by atoms with Gasteiger partial charge in [0.2, 0.25) is 11.8 Å². The summed E-state index contributed by atoms with van der Waals surface area (Å²) in [5, 5.41) is 9.41. The SMILES string of the molecule is C=C1C(COc2ccc3cc(-c4nc5cc(C(=O)N6CC[C@H]7CCN[C@H]7C6)cc(OC)c5n4C)n(CC4CC4)c3n2)N[C@@H]2CN(C(=O)c3cc(OC)c4c(c3)nc(-c3cc5ccc(OC)nc5n3CC3CC3)n4C)CC[C@H]12. The summed E-state index contributed by atoms with van der Waals surface area (Å²) in [6.07, 6.45) is 7.73. The van der Waals surface area contributed by atoms with Gasteiger partial charge in [0, 0.05) is 99.5 Å². The minimum atomic E-state index is -0.112. The third kappa shape index (κ3) is 8.28. The zero-order valence-electron chi connectivity index (χ0n) is 44.6. The molecule has 10 heterocycles. The average Bonchev–Trinajstić information content (AvgIpc) is 4.20. The number of methoxy groups -OCH3 is 3. The lowest BCUT2D eigenvalue weighted by atomic mass is 9.88. The van der Waals surface area contributed by atoms with Crippen LogP contribution < -0.4 is 29.6 Å². The third-order valence-corrected chi connectivity index (χ3v) is 17.8. The molecule has 18 nitrogen and oxygen atoms in total. The van der Waals surface area contributed by atoms with Gasteiger partial charge in [-0.15, -0.1) is 0 Å². The first kappa shape index (κ1) is 48.0. The van der Waals surface area contributed by atoms with Crippen LogP contribution in [0.4, 0.5) is 0 Å². The third-order valence-electron chi connectivity index (χ3n) is 17.8. The van der Waals surface area contributed by atoms with Crippen molar-refractivity contribution in [2.75, 3.05) is 60.7 Å². The van der Waals surface area contributed by atoms with E-state index >= 15 is 0 Å². The molecule has 14 rings (SSSR count). The van der Waals surface area contributed by atoms with Gasteiger partial charge in [0.1, 0.15) is 40.4 Å². The molecule has 0 spiro atoms. The Kier molecular flexibility index (Phi) is 11.6. The van der Waals surface area contributed by atoms with Crippen molar-refractivity contribution < 1.29 is 28.5 Å². The summed E-state index contributed by atoms with van der Waals surface area (Å²) in [5.41, 5.74) is 8.96. The zero-order valence-corrected chi connectivity index (χ0v) is 44.6. The van der Waals surface area contributed by atoms with Crippen molar-refractivity contribution in [1.82, 2.24) is 58.6 Å². The number of benzene rings is 2. The molecule has 398 valence electrons. The van der Waals surface area contributed by atoms with Crippen molar-refractivity contribution in [3.05, 3.63) is 83.9 Å². The number of fused-ring (bicyclic) bond motifs is 6. The zero-order chi connectivity index (χ0) is 52.4. The Hall–Kier alpha value is -7.44. The standard InChI is InChI=1S/C59H66N12O6/c1-32-40-17-20-69(59(73)39-22-42-53(49(26-39)75-5)66(2)56(62-42)46-23-36-11-13-50(76-6)64-54(36)70(46)27-33-7-8-33)30-44(40)61-45(32)31-77-51-14-12-37-24-47(71(55(37)65-51)28-34-9-10-34)57-63-41-21-38(25-48(74-4)52(41)67(57)3)58(72)68-19-16-35-15-18-60-43(35)29-68/h11-14,21-26,33-35,40,43-45,60-61H,1,7-10,15-20,27-31H2,2-6H3/t35-,40-,43+,44-,45?/m1/s1. The van der Waals surface area contributed by atoms with Crippen molar-refractivity contribution in [2.45, 2.75) is 76.2 Å². The van der Waals surface area contributed by atoms with Crippen LogP contribution in [-0.2, 0) is 27.2 Å². The lowest BCUT2D eigenvalue weighted by Crippen LogP contribution is -2.49. The Labute approximate surface area is 446 Å². The molecule has 4 saturated heterocycles. The van der Waals surface area contributed by atoms with Gasteiger partial charge in [0.05, 0.1) is 49.8 Å². The summed E-state index contributed by atoms with van der Waals surface area (Å²) < 4.78 is 32.7. The molecule has 2 aromatic carbocycles. The van der Waals surface area contributed by atoms with Gasteiger partial charge < -0.3 is 57.6 Å². The highest BCUT2D eigenvalue weighted by atomic mass is 16.5. The molecular weight excluding hydrogens is 973 g/mol. The molecule has 18 heteroatoms. The van der Waals surface area contributed by atoms with Crippen LogP contribution in [0.5, 0.6) is 23.3 Å². The van der Waals surface area contributed by atoms with Gasteiger partial charge in [0.25, 0.3) is 11.8 Å². The molecule has 4 aliphatic heterocycles. The monoisotopic (exact) mass is 1040 g/mol. The van der Waals surface area contributed by atoms with E-state index in [4.69, 9.17) is 38.9 Å². The number of nitrogens with one attached hydrogen (secondary N) is 2. The minimum Gasteiger partial charge on any atom is -0.494 e. The average molecular weight is 1040 g/mol. The second-order valence-electron chi connectivity index (χ2n) is 22.6. The number of hydrogen-bond donors (Lipinski definition) is 2. The Balaban J connectivity index is 0.683. The molecule has 0 radical (unpaired) electrons. The molecule has 6 aromatic heterocycles. The smallest absolute Gasteiger partial charge is 0.254 e. The van der Waals surface area contributed by atoms with Gasteiger partial charge in [-0.05, 0) is 124 Å². The first-order valence-corrected chi connectivity index (χ1v) is 27.6. The maximum Gasteiger partial charge on any atom is 0.254 e. The quantitative estimate of drug-likeness (QED) is 0.102. The lowest BCUT2D eigenvalue weighted by Gasteiger charge is -2.35. The molecular formula is C59H66N12O6. The molecule has 6 aliphatic rings. The first-order valence-electron chi connectivity index (χ1n) is 27.6. The van der Waals surface area contributed by atoms with E-state index in [2.05, 4.69) is 53.7 Å². The van der Waals surface area contributed by atoms with E-state index in [9.17, 15) is 9.59 Å². The van der Waals surface area contributed by atoms with Crippen LogP contribution in [0.3, 0.4) is 0 Å². The van der Waals surface area contributed by atoms with Crippen molar-refractivity contribution in [2.24, 2.45) is 37.8 Å². The van der Waals surface area contributed by atoms with Crippen molar-refractivity contribution >= 4 is 55.9 Å². The van der Waals surface area contributed by atoms with Crippen LogP contribution in [-0.4, -0.2) is 139 Å². The van der Waals surface area contributed by atoms with E-state index in [1.54, 1.807) is 21.3 Å². The Morgan fingerprint density at radius 2 is 1.18 bits per heavy atom. The fourth-order valence-electron chi connectivity index (χ4n) is 13.2. The lowest BCUT2D eigenvalue weighted by molar-refractivity contribution is 0.0665. The number of likely N-dealkylation sites (tertiary alicyclic amines) is 2. The normalized spacial score (nSPS) is 22.4. The second kappa shape index (κ2) is 18.6. The van der Waals surface area contributed by atoms with E-state index in [1.807, 2.05) is 66.4 Å². The van der Waals surface area contributed by atoms with Crippen molar-refractivity contribution in [1.29, 1.82) is 0 Å². The predicted octanol–water partition coefficient (Wildman–Crippen LogP) is 7.60. The fraction of sp³-hybridized carbons (Fsp3) is 0.458. The molecule has 1 unspecified atom stereocenters. The largest absolute Gasteiger partial charge is 0.494 e. The maximum atomic E-state index is 14.5. The van der Waals surface area contributed by atoms with Gasteiger partial charge in [0.15, 0.2) is 11.6 Å². The number of rotatable bonds is 14. The van der Waals surface area contributed by atoms with E-state index in [-0.39, 0.29) is 29.8 Å². The number of carbonyl (C=O) groups is 2. The fourth-order valence-corrected chi connectivity index (χ4v) is 13.2. The maximum absolute atomic E-state index is 14.5. The summed E-state index contributed by atoms with van der Waals surface area (Å²) in [6, 6.07) is 20.1. The number of amides is 2. The van der Waals surface area contributed by atoms with E-state index in [0.717, 1.165) is 113 Å². The molecule has 2 saturated carbocycles. The van der Waals surface area contributed by atoms with Crippen LogP contribution in [0.2, 0.25) is 0 Å². The number of imidazole rings is 2. The minimum absolute atomic E-state index is 0.0167. The number of aryl methyl sites for hydroxylation is 2. The number of piperidine rings is 2. The highest BCUT2D eigenvalue weighted by Gasteiger charge is 2.42. The first-order chi connectivity index (χ1) is 37.5. The summed E-state index contributed by atoms with van der Waals surface area (Å²) in [7, 11) is 8.96. The van der Waals surface area contributed by atoms with Gasteiger partial charge in [-0.3, -0.25) is 9.59 Å². The number of pyridine rings is 2. The predicted molar refractivity (Wildman–Crippen MR) is 294 cm³/mol. The number of aromatic nitrogens is 8.